The molecule has 1 fully saturated rings. The number of pyridine rings is 3. The zero-order valence-corrected chi connectivity index (χ0v) is 16.5. The van der Waals surface area contributed by atoms with Crippen LogP contribution in [0.1, 0.15) is 30.7 Å². The molecule has 8 heteroatoms. The smallest absolute Gasteiger partial charge is 0.321 e. The van der Waals surface area contributed by atoms with Gasteiger partial charge in [0.05, 0.1) is 16.7 Å². The number of fused-ring (bicyclic) bond motifs is 1. The van der Waals surface area contributed by atoms with Crippen molar-refractivity contribution in [1.29, 1.82) is 0 Å². The fourth-order valence-electron chi connectivity index (χ4n) is 3.88. The molecule has 1 aliphatic carbocycles. The van der Waals surface area contributed by atoms with E-state index < -0.39 is 5.54 Å². The molecular weight excluding hydrogens is 378 g/mol. The van der Waals surface area contributed by atoms with Crippen molar-refractivity contribution in [2.24, 2.45) is 0 Å². The molecule has 5 rings (SSSR count). The molecule has 4 heterocycles. The van der Waals surface area contributed by atoms with E-state index in [0.29, 0.717) is 5.82 Å². The summed E-state index contributed by atoms with van der Waals surface area (Å²) >= 11 is 0. The summed E-state index contributed by atoms with van der Waals surface area (Å²) in [7, 11) is 0. The molecule has 2 amide bonds. The van der Waals surface area contributed by atoms with E-state index in [4.69, 9.17) is 0 Å². The number of urea groups is 1. The van der Waals surface area contributed by atoms with Crippen LogP contribution in [0.15, 0.2) is 55.0 Å². The van der Waals surface area contributed by atoms with Gasteiger partial charge in [-0.05, 0) is 50.5 Å². The minimum Gasteiger partial charge on any atom is -0.327 e. The van der Waals surface area contributed by atoms with Crippen molar-refractivity contribution in [3.8, 4) is 11.3 Å². The molecule has 1 saturated carbocycles. The molecule has 30 heavy (non-hydrogen) atoms. The first-order valence-corrected chi connectivity index (χ1v) is 9.91. The highest BCUT2D eigenvalue weighted by Gasteiger charge is 2.41. The Bertz CT molecular complexity index is 1210. The topological polar surface area (TPSA) is 108 Å². The summed E-state index contributed by atoms with van der Waals surface area (Å²) in [4.78, 5) is 25.7. The Morgan fingerprint density at radius 2 is 2.00 bits per heavy atom. The second kappa shape index (κ2) is 7.22. The summed E-state index contributed by atoms with van der Waals surface area (Å²) in [5, 5.41) is 14.3. The molecule has 4 aromatic rings. The standard InChI is InChI=1S/C22H21N7O/c1-14-11-15(6-10-23-14)20-16-13-25-19(12-17(16)28-29-20)26-21(30)27-22(7-4-8-22)18-5-2-3-9-24-18/h2-3,5-6,9-13H,4,7-8H2,1H3,(H,28,29)(H2,25,26,27,30). The maximum absolute atomic E-state index is 12.7. The van der Waals surface area contributed by atoms with Gasteiger partial charge in [0, 0.05) is 41.3 Å². The molecule has 0 saturated heterocycles. The Labute approximate surface area is 173 Å². The molecule has 3 N–H and O–H groups in total. The number of aryl methyl sites for hydroxylation is 1. The summed E-state index contributed by atoms with van der Waals surface area (Å²) in [6, 6.07) is 11.2. The number of carbonyl (C=O) groups is 1. The highest BCUT2D eigenvalue weighted by atomic mass is 16.2. The molecule has 4 aromatic heterocycles. The van der Waals surface area contributed by atoms with Crippen LogP contribution in [0.2, 0.25) is 0 Å². The molecule has 1 aliphatic rings. The average Bonchev–Trinajstić information content (AvgIpc) is 3.15. The fourth-order valence-corrected chi connectivity index (χ4v) is 3.88. The largest absolute Gasteiger partial charge is 0.327 e. The second-order valence-corrected chi connectivity index (χ2v) is 7.60. The van der Waals surface area contributed by atoms with Crippen molar-refractivity contribution in [1.82, 2.24) is 30.5 Å². The normalized spacial score (nSPS) is 14.8. The van der Waals surface area contributed by atoms with E-state index in [1.165, 1.54) is 0 Å². The Morgan fingerprint density at radius 1 is 1.10 bits per heavy atom. The van der Waals surface area contributed by atoms with Gasteiger partial charge in [-0.15, -0.1) is 0 Å². The van der Waals surface area contributed by atoms with Crippen LogP contribution in [-0.2, 0) is 5.54 Å². The third kappa shape index (κ3) is 3.26. The van der Waals surface area contributed by atoms with E-state index in [-0.39, 0.29) is 6.03 Å². The number of carbonyl (C=O) groups excluding carboxylic acids is 1. The SMILES string of the molecule is Cc1cc(-c2n[nH]c3cc(NC(=O)NC4(c5ccccn5)CCC4)ncc23)ccn1. The maximum Gasteiger partial charge on any atom is 0.321 e. The molecule has 8 nitrogen and oxygen atoms in total. The fraction of sp³-hybridized carbons (Fsp3) is 0.227. The van der Waals surface area contributed by atoms with Crippen LogP contribution in [0.3, 0.4) is 0 Å². The third-order valence-electron chi connectivity index (χ3n) is 5.57. The quantitative estimate of drug-likeness (QED) is 0.482. The van der Waals surface area contributed by atoms with Crippen LogP contribution >= 0.6 is 0 Å². The van der Waals surface area contributed by atoms with Gasteiger partial charge in [-0.2, -0.15) is 5.10 Å². The van der Waals surface area contributed by atoms with Crippen LogP contribution in [-0.4, -0.2) is 31.2 Å². The first-order chi connectivity index (χ1) is 14.6. The van der Waals surface area contributed by atoms with Gasteiger partial charge < -0.3 is 5.32 Å². The van der Waals surface area contributed by atoms with Crippen molar-refractivity contribution >= 4 is 22.8 Å². The predicted octanol–water partition coefficient (Wildman–Crippen LogP) is 3.92. The van der Waals surface area contributed by atoms with Gasteiger partial charge in [0.15, 0.2) is 0 Å². The highest BCUT2D eigenvalue weighted by molar-refractivity contribution is 5.96. The first kappa shape index (κ1) is 18.2. The number of aromatic amines is 1. The number of hydrogen-bond acceptors (Lipinski definition) is 5. The number of nitrogens with one attached hydrogen (secondary N) is 3. The molecule has 0 radical (unpaired) electrons. The van der Waals surface area contributed by atoms with Crippen molar-refractivity contribution in [2.45, 2.75) is 31.7 Å². The molecular formula is C22H21N7O. The minimum absolute atomic E-state index is 0.295. The first-order valence-electron chi connectivity index (χ1n) is 9.91. The van der Waals surface area contributed by atoms with Crippen LogP contribution in [0, 0.1) is 6.92 Å². The molecule has 0 unspecified atom stereocenters. The zero-order valence-electron chi connectivity index (χ0n) is 16.5. The number of H-pyrrole nitrogens is 1. The predicted molar refractivity (Wildman–Crippen MR) is 114 cm³/mol. The second-order valence-electron chi connectivity index (χ2n) is 7.60. The van der Waals surface area contributed by atoms with Crippen molar-refractivity contribution in [3.05, 3.63) is 66.4 Å². The molecule has 0 atom stereocenters. The van der Waals surface area contributed by atoms with Crippen LogP contribution in [0.5, 0.6) is 0 Å². The number of aromatic nitrogens is 5. The Kier molecular flexibility index (Phi) is 4.39. The molecule has 150 valence electrons. The van der Waals surface area contributed by atoms with E-state index in [1.807, 2.05) is 37.3 Å². The summed E-state index contributed by atoms with van der Waals surface area (Å²) in [6.45, 7) is 1.94. The van der Waals surface area contributed by atoms with E-state index in [0.717, 1.165) is 52.8 Å². The molecule has 0 aromatic carbocycles. The highest BCUT2D eigenvalue weighted by Crippen LogP contribution is 2.40. The monoisotopic (exact) mass is 399 g/mol. The number of nitrogens with zero attached hydrogens (tertiary/aromatic N) is 4. The maximum atomic E-state index is 12.7. The van der Waals surface area contributed by atoms with E-state index in [1.54, 1.807) is 24.7 Å². The average molecular weight is 399 g/mol. The zero-order chi connectivity index (χ0) is 20.6. The third-order valence-corrected chi connectivity index (χ3v) is 5.57. The summed E-state index contributed by atoms with van der Waals surface area (Å²) < 4.78 is 0. The summed E-state index contributed by atoms with van der Waals surface area (Å²) in [5.41, 5.74) is 3.98. The Hall–Kier alpha value is -3.81. The van der Waals surface area contributed by atoms with Crippen molar-refractivity contribution in [2.75, 3.05) is 5.32 Å². The Morgan fingerprint density at radius 3 is 2.73 bits per heavy atom. The number of hydrogen-bond donors (Lipinski definition) is 3. The van der Waals surface area contributed by atoms with Gasteiger partial charge in [0.25, 0.3) is 0 Å². The molecule has 0 bridgehead atoms. The molecule has 0 aliphatic heterocycles. The van der Waals surface area contributed by atoms with Gasteiger partial charge in [-0.1, -0.05) is 6.07 Å². The summed E-state index contributed by atoms with van der Waals surface area (Å²) in [6.07, 6.45) is 8.05. The summed E-state index contributed by atoms with van der Waals surface area (Å²) in [5.74, 6) is 0.455. The van der Waals surface area contributed by atoms with E-state index in [2.05, 4.69) is 35.8 Å². The van der Waals surface area contributed by atoms with Crippen molar-refractivity contribution < 1.29 is 4.79 Å². The van der Waals surface area contributed by atoms with E-state index in [9.17, 15) is 4.79 Å². The van der Waals surface area contributed by atoms with Gasteiger partial charge in [0.1, 0.15) is 11.5 Å². The van der Waals surface area contributed by atoms with Gasteiger partial charge in [-0.3, -0.25) is 20.4 Å². The lowest BCUT2D eigenvalue weighted by atomic mass is 9.74. The van der Waals surface area contributed by atoms with E-state index >= 15 is 0 Å². The van der Waals surface area contributed by atoms with Crippen molar-refractivity contribution in [3.63, 3.8) is 0 Å². The van der Waals surface area contributed by atoms with Crippen LogP contribution in [0.25, 0.3) is 22.2 Å². The van der Waals surface area contributed by atoms with Gasteiger partial charge in [-0.25, -0.2) is 9.78 Å². The molecule has 0 spiro atoms. The number of amides is 2. The lowest BCUT2D eigenvalue weighted by Gasteiger charge is -2.41. The minimum atomic E-state index is -0.407. The van der Waals surface area contributed by atoms with Crippen LogP contribution in [0.4, 0.5) is 10.6 Å². The van der Waals surface area contributed by atoms with Crippen LogP contribution < -0.4 is 10.6 Å². The van der Waals surface area contributed by atoms with Gasteiger partial charge >= 0.3 is 6.03 Å². The number of anilines is 1. The lowest BCUT2D eigenvalue weighted by Crippen LogP contribution is -2.52. The number of rotatable bonds is 4. The van der Waals surface area contributed by atoms with Gasteiger partial charge in [0.2, 0.25) is 0 Å². The lowest BCUT2D eigenvalue weighted by molar-refractivity contribution is 0.180. The Balaban J connectivity index is 1.35.